The number of nitrogens with zero attached hydrogens (tertiary/aromatic N) is 1. The lowest BCUT2D eigenvalue weighted by atomic mass is 10.2. The fraction of sp³-hybridized carbons (Fsp3) is 0.154. The Kier molecular flexibility index (Phi) is 4.25. The molecule has 0 amide bonds. The number of hydrogen-bond donors (Lipinski definition) is 1. The molecule has 0 radical (unpaired) electrons. The van der Waals surface area contributed by atoms with Crippen molar-refractivity contribution in [1.29, 1.82) is 0 Å². The fourth-order valence-electron chi connectivity index (χ4n) is 1.57. The molecule has 5 heteroatoms. The Labute approximate surface area is 112 Å². The van der Waals surface area contributed by atoms with Crippen molar-refractivity contribution in [2.45, 2.75) is 6.42 Å². The van der Waals surface area contributed by atoms with Crippen molar-refractivity contribution in [3.8, 4) is 0 Å². The number of pyridine rings is 1. The number of benzene rings is 1. The van der Waals surface area contributed by atoms with Gasteiger partial charge in [0.05, 0.1) is 5.69 Å². The van der Waals surface area contributed by atoms with E-state index < -0.39 is 11.6 Å². The van der Waals surface area contributed by atoms with Gasteiger partial charge in [0.2, 0.25) is 0 Å². The molecule has 0 spiro atoms. The molecule has 1 aromatic heterocycles. The van der Waals surface area contributed by atoms with Crippen LogP contribution in [0.2, 0.25) is 0 Å². The van der Waals surface area contributed by atoms with E-state index in [1.54, 1.807) is 6.20 Å². The predicted molar refractivity (Wildman–Crippen MR) is 70.5 cm³/mol. The van der Waals surface area contributed by atoms with Crippen LogP contribution in [-0.4, -0.2) is 11.5 Å². The van der Waals surface area contributed by atoms with Crippen molar-refractivity contribution in [3.05, 3.63) is 58.3 Å². The van der Waals surface area contributed by atoms with Crippen molar-refractivity contribution in [3.63, 3.8) is 0 Å². The number of aromatic nitrogens is 1. The van der Waals surface area contributed by atoms with Crippen LogP contribution in [-0.2, 0) is 6.42 Å². The van der Waals surface area contributed by atoms with Crippen LogP contribution in [0.3, 0.4) is 0 Å². The summed E-state index contributed by atoms with van der Waals surface area (Å²) in [6.45, 7) is 0.526. The number of hydrogen-bond acceptors (Lipinski definition) is 2. The minimum Gasteiger partial charge on any atom is -0.381 e. The minimum absolute atomic E-state index is 0.271. The number of rotatable bonds is 4. The Hall–Kier alpha value is -1.49. The molecule has 2 aromatic rings. The minimum atomic E-state index is -0.608. The average molecular weight is 313 g/mol. The molecule has 0 aliphatic heterocycles. The zero-order chi connectivity index (χ0) is 13.0. The molecule has 2 nitrogen and oxygen atoms in total. The monoisotopic (exact) mass is 312 g/mol. The van der Waals surface area contributed by atoms with Gasteiger partial charge in [0, 0.05) is 35.4 Å². The zero-order valence-corrected chi connectivity index (χ0v) is 11.0. The van der Waals surface area contributed by atoms with Crippen LogP contribution in [0.1, 0.15) is 5.69 Å². The highest BCUT2D eigenvalue weighted by Crippen LogP contribution is 2.26. The van der Waals surface area contributed by atoms with E-state index in [0.29, 0.717) is 17.4 Å². The van der Waals surface area contributed by atoms with Gasteiger partial charge < -0.3 is 5.32 Å². The Morgan fingerprint density at radius 3 is 2.72 bits per heavy atom. The SMILES string of the molecule is Fc1cc(F)c(NCCc2ccccn2)c(Br)c1. The van der Waals surface area contributed by atoms with Crippen LogP contribution in [0.5, 0.6) is 0 Å². The second-order valence-electron chi connectivity index (χ2n) is 3.74. The maximum Gasteiger partial charge on any atom is 0.150 e. The Morgan fingerprint density at radius 2 is 2.06 bits per heavy atom. The molecule has 0 saturated carbocycles. The van der Waals surface area contributed by atoms with Gasteiger partial charge >= 0.3 is 0 Å². The van der Waals surface area contributed by atoms with E-state index in [0.717, 1.165) is 11.8 Å². The van der Waals surface area contributed by atoms with Crippen molar-refractivity contribution in [2.75, 3.05) is 11.9 Å². The maximum absolute atomic E-state index is 13.5. The van der Waals surface area contributed by atoms with Crippen molar-refractivity contribution < 1.29 is 8.78 Å². The quantitative estimate of drug-likeness (QED) is 0.929. The normalized spacial score (nSPS) is 10.4. The number of nitrogens with one attached hydrogen (secondary N) is 1. The van der Waals surface area contributed by atoms with Gasteiger partial charge in [-0.2, -0.15) is 0 Å². The third-order valence-electron chi connectivity index (χ3n) is 2.42. The molecule has 1 aromatic carbocycles. The van der Waals surface area contributed by atoms with Crippen LogP contribution in [0, 0.1) is 11.6 Å². The van der Waals surface area contributed by atoms with E-state index in [-0.39, 0.29) is 5.69 Å². The summed E-state index contributed by atoms with van der Waals surface area (Å²) in [5, 5.41) is 2.93. The van der Waals surface area contributed by atoms with Gasteiger partial charge in [0.15, 0.2) is 0 Å². The van der Waals surface area contributed by atoms with Gasteiger partial charge in [-0.1, -0.05) is 6.07 Å². The molecular formula is C13H11BrF2N2. The lowest BCUT2D eigenvalue weighted by molar-refractivity contribution is 0.583. The number of anilines is 1. The molecule has 0 saturated heterocycles. The summed E-state index contributed by atoms with van der Waals surface area (Å²) in [7, 11) is 0. The molecule has 1 heterocycles. The van der Waals surface area contributed by atoms with E-state index in [4.69, 9.17) is 0 Å². The largest absolute Gasteiger partial charge is 0.381 e. The third-order valence-corrected chi connectivity index (χ3v) is 3.04. The smallest absolute Gasteiger partial charge is 0.150 e. The molecule has 2 rings (SSSR count). The van der Waals surface area contributed by atoms with E-state index >= 15 is 0 Å². The summed E-state index contributed by atoms with van der Waals surface area (Å²) in [6, 6.07) is 7.72. The van der Waals surface area contributed by atoms with Crippen LogP contribution < -0.4 is 5.32 Å². The molecule has 0 aliphatic rings. The average Bonchev–Trinajstić information content (AvgIpc) is 2.34. The topological polar surface area (TPSA) is 24.9 Å². The van der Waals surface area contributed by atoms with Gasteiger partial charge in [0.1, 0.15) is 11.6 Å². The summed E-state index contributed by atoms with van der Waals surface area (Å²) in [5.74, 6) is -1.21. The standard InChI is InChI=1S/C13H11BrF2N2/c14-11-7-9(15)8-12(16)13(11)18-6-4-10-3-1-2-5-17-10/h1-3,5,7-8,18H,4,6H2. The molecule has 18 heavy (non-hydrogen) atoms. The van der Waals surface area contributed by atoms with E-state index in [2.05, 4.69) is 26.2 Å². The molecule has 0 fully saturated rings. The van der Waals surface area contributed by atoms with E-state index in [1.165, 1.54) is 6.07 Å². The first kappa shape index (κ1) is 13.0. The van der Waals surface area contributed by atoms with Crippen molar-refractivity contribution >= 4 is 21.6 Å². The Bertz CT molecular complexity index is 509. The second kappa shape index (κ2) is 5.91. The molecule has 0 bridgehead atoms. The van der Waals surface area contributed by atoms with Crippen molar-refractivity contribution in [1.82, 2.24) is 4.98 Å². The van der Waals surface area contributed by atoms with Gasteiger partial charge in [0.25, 0.3) is 0 Å². The van der Waals surface area contributed by atoms with Gasteiger partial charge in [-0.3, -0.25) is 4.98 Å². The molecular weight excluding hydrogens is 302 g/mol. The molecule has 94 valence electrons. The van der Waals surface area contributed by atoms with E-state index in [9.17, 15) is 8.78 Å². The molecule has 0 atom stereocenters. The molecule has 0 unspecified atom stereocenters. The van der Waals surface area contributed by atoms with Crippen LogP contribution >= 0.6 is 15.9 Å². The van der Waals surface area contributed by atoms with Crippen LogP contribution in [0.15, 0.2) is 41.0 Å². The summed E-state index contributed by atoms with van der Waals surface area (Å²) < 4.78 is 26.8. The molecule has 1 N–H and O–H groups in total. The Balaban J connectivity index is 1.99. The summed E-state index contributed by atoms with van der Waals surface area (Å²) in [4.78, 5) is 4.16. The number of halogens is 3. The highest BCUT2D eigenvalue weighted by Gasteiger charge is 2.08. The maximum atomic E-state index is 13.5. The first-order valence-electron chi connectivity index (χ1n) is 5.45. The second-order valence-corrected chi connectivity index (χ2v) is 4.60. The predicted octanol–water partition coefficient (Wildman–Crippen LogP) is 3.78. The van der Waals surface area contributed by atoms with E-state index in [1.807, 2.05) is 18.2 Å². The first-order chi connectivity index (χ1) is 8.66. The van der Waals surface area contributed by atoms with Gasteiger partial charge in [-0.15, -0.1) is 0 Å². The summed E-state index contributed by atoms with van der Waals surface area (Å²) in [6.07, 6.45) is 2.38. The summed E-state index contributed by atoms with van der Waals surface area (Å²) >= 11 is 3.13. The Morgan fingerprint density at radius 1 is 1.22 bits per heavy atom. The zero-order valence-electron chi connectivity index (χ0n) is 9.46. The third kappa shape index (κ3) is 3.26. The fourth-order valence-corrected chi connectivity index (χ4v) is 2.12. The van der Waals surface area contributed by atoms with Crippen LogP contribution in [0.4, 0.5) is 14.5 Å². The highest BCUT2D eigenvalue weighted by atomic mass is 79.9. The lowest BCUT2D eigenvalue weighted by Gasteiger charge is -2.09. The molecule has 0 aliphatic carbocycles. The highest BCUT2D eigenvalue weighted by molar-refractivity contribution is 9.10. The summed E-state index contributed by atoms with van der Waals surface area (Å²) in [5.41, 5.74) is 1.19. The first-order valence-corrected chi connectivity index (χ1v) is 6.24. The van der Waals surface area contributed by atoms with Gasteiger partial charge in [-0.05, 0) is 34.1 Å². The van der Waals surface area contributed by atoms with Gasteiger partial charge in [-0.25, -0.2) is 8.78 Å². The van der Waals surface area contributed by atoms with Crippen molar-refractivity contribution in [2.24, 2.45) is 0 Å². The lowest BCUT2D eigenvalue weighted by Crippen LogP contribution is -2.08. The van der Waals surface area contributed by atoms with Crippen LogP contribution in [0.25, 0.3) is 0 Å².